The standard InChI is InChI=1S/CH2O2.W/c2-1-3;/h1H,(H,2,3);/i1D;. The molecule has 2 nitrogen and oxygen atoms in total. The minimum absolute atomic E-state index is 0. The fourth-order valence-electron chi connectivity index (χ4n) is 0. The van der Waals surface area contributed by atoms with Gasteiger partial charge >= 0.3 is 0 Å². The minimum Gasteiger partial charge on any atom is -0.483 e. The van der Waals surface area contributed by atoms with E-state index in [-0.39, 0.29) is 21.1 Å². The van der Waals surface area contributed by atoms with Gasteiger partial charge in [-0.1, -0.05) is 0 Å². The van der Waals surface area contributed by atoms with Gasteiger partial charge in [-0.15, -0.1) is 0 Å². The molecule has 0 aliphatic heterocycles. The van der Waals surface area contributed by atoms with Crippen molar-refractivity contribution < 1.29 is 32.3 Å². The molecule has 3 heteroatoms. The molecule has 0 spiro atoms. The van der Waals surface area contributed by atoms with Gasteiger partial charge in [-0.25, -0.2) is 0 Å². The quantitative estimate of drug-likeness (QED) is 0.581. The van der Waals surface area contributed by atoms with E-state index in [2.05, 4.69) is 0 Å². The van der Waals surface area contributed by atoms with Gasteiger partial charge in [-0.3, -0.25) is 4.79 Å². The van der Waals surface area contributed by atoms with E-state index in [9.17, 15) is 0 Å². The predicted octanol–water partition coefficient (Wildman–Crippen LogP) is -0.302. The van der Waals surface area contributed by atoms with Crippen LogP contribution in [0.2, 0.25) is 0 Å². The van der Waals surface area contributed by atoms with Crippen molar-refractivity contribution in [2.24, 2.45) is 0 Å². The van der Waals surface area contributed by atoms with E-state index in [4.69, 9.17) is 11.3 Å². The molecule has 0 aromatic rings. The van der Waals surface area contributed by atoms with Crippen molar-refractivity contribution in [2.45, 2.75) is 0 Å². The molecule has 0 rings (SSSR count). The molecule has 0 aliphatic carbocycles. The summed E-state index contributed by atoms with van der Waals surface area (Å²) in [6.45, 7) is 0. The molecule has 0 saturated carbocycles. The van der Waals surface area contributed by atoms with Gasteiger partial charge in [0.05, 0.1) is 0 Å². The average Bonchev–Trinajstić information content (AvgIpc) is 0.811. The maximum atomic E-state index is 8.67. The Kier molecular flexibility index (Phi) is 11.4. The Labute approximate surface area is 39.5 Å². The smallest absolute Gasteiger partial charge is 0.290 e. The molecule has 0 aromatic heterocycles. The topological polar surface area (TPSA) is 37.3 Å². The molecule has 0 heterocycles. The van der Waals surface area contributed by atoms with E-state index < -0.39 is 6.45 Å². The van der Waals surface area contributed by atoms with Crippen LogP contribution in [0.25, 0.3) is 0 Å². The summed E-state index contributed by atoms with van der Waals surface area (Å²) in [7, 11) is 0. The zero-order valence-electron chi connectivity index (χ0n) is 2.76. The maximum Gasteiger partial charge on any atom is 0.290 e. The van der Waals surface area contributed by atoms with Crippen LogP contribution in [0.4, 0.5) is 0 Å². The van der Waals surface area contributed by atoms with E-state index in [0.717, 1.165) is 0 Å². The summed E-state index contributed by atoms with van der Waals surface area (Å²) in [5.74, 6) is 0. The van der Waals surface area contributed by atoms with Crippen molar-refractivity contribution in [1.82, 2.24) is 0 Å². The Morgan fingerprint density at radius 2 is 2.25 bits per heavy atom. The SMILES string of the molecule is [2H]C(=O)O.[W]. The summed E-state index contributed by atoms with van der Waals surface area (Å²) in [6.07, 6.45) is -1.58. The van der Waals surface area contributed by atoms with Crippen LogP contribution in [0.3, 0.4) is 0 Å². The van der Waals surface area contributed by atoms with Crippen molar-refractivity contribution in [2.75, 3.05) is 0 Å². The molecule has 0 unspecified atom stereocenters. The van der Waals surface area contributed by atoms with Crippen LogP contribution >= 0.6 is 0 Å². The molecule has 0 fully saturated rings. The van der Waals surface area contributed by atoms with Crippen molar-refractivity contribution in [3.63, 3.8) is 0 Å². The number of hydrogen-bond acceptors (Lipinski definition) is 1. The first-order chi connectivity index (χ1) is 1.73. The molecule has 0 amide bonds. The van der Waals surface area contributed by atoms with Crippen LogP contribution in [-0.2, 0) is 25.9 Å². The summed E-state index contributed by atoms with van der Waals surface area (Å²) < 4.78 is 5.50. The summed E-state index contributed by atoms with van der Waals surface area (Å²) in [4.78, 5) is 8.67. The van der Waals surface area contributed by atoms with Crippen molar-refractivity contribution in [3.05, 3.63) is 0 Å². The Morgan fingerprint density at radius 3 is 2.25 bits per heavy atom. The van der Waals surface area contributed by atoms with Gasteiger partial charge in [0, 0.05) is 21.1 Å². The van der Waals surface area contributed by atoms with Crippen LogP contribution in [0, 0.1) is 0 Å². The van der Waals surface area contributed by atoms with Gasteiger partial charge in [0.2, 0.25) is 0 Å². The molecule has 0 aliphatic rings. The van der Waals surface area contributed by atoms with Crippen molar-refractivity contribution >= 4 is 6.45 Å². The molecule has 0 atom stereocenters. The Bertz CT molecular complexity index is 32.6. The van der Waals surface area contributed by atoms with Crippen LogP contribution in [0.15, 0.2) is 0 Å². The molecular weight excluding hydrogens is 228 g/mol. The maximum absolute atomic E-state index is 8.67. The van der Waals surface area contributed by atoms with E-state index in [1.807, 2.05) is 0 Å². The second-order valence-electron chi connectivity index (χ2n) is 0.0913. The largest absolute Gasteiger partial charge is 0.483 e. The molecule has 1 N–H and O–H groups in total. The zero-order valence-corrected chi connectivity index (χ0v) is 4.70. The fourth-order valence-corrected chi connectivity index (χ4v) is 0. The van der Waals surface area contributed by atoms with E-state index in [1.165, 1.54) is 0 Å². The second-order valence-corrected chi connectivity index (χ2v) is 0.0913. The van der Waals surface area contributed by atoms with Gasteiger partial charge in [0.25, 0.3) is 6.45 Å². The van der Waals surface area contributed by atoms with Crippen molar-refractivity contribution in [3.8, 4) is 0 Å². The molecule has 4 heavy (non-hydrogen) atoms. The van der Waals surface area contributed by atoms with E-state index >= 15 is 0 Å². The summed E-state index contributed by atoms with van der Waals surface area (Å²) >= 11 is 0. The Morgan fingerprint density at radius 1 is 2.25 bits per heavy atom. The van der Waals surface area contributed by atoms with Gasteiger partial charge in [0.1, 0.15) is 0 Å². The molecule has 24 valence electrons. The van der Waals surface area contributed by atoms with Crippen LogP contribution in [0.1, 0.15) is 1.37 Å². The molecule has 0 saturated heterocycles. The van der Waals surface area contributed by atoms with Gasteiger partial charge in [-0.2, -0.15) is 0 Å². The molecule has 0 radical (unpaired) electrons. The van der Waals surface area contributed by atoms with E-state index in [0.29, 0.717) is 0 Å². The number of carbonyl (C=O) groups is 1. The first-order valence-corrected chi connectivity index (χ1v) is 0.428. The summed E-state index contributed by atoms with van der Waals surface area (Å²) in [5, 5.41) is 7.08. The second kappa shape index (κ2) is 11.0. The van der Waals surface area contributed by atoms with Crippen LogP contribution in [-0.4, -0.2) is 11.6 Å². The average molecular weight is 231 g/mol. The molecule has 0 bridgehead atoms. The summed E-state index contributed by atoms with van der Waals surface area (Å²) in [6, 6.07) is 0. The third kappa shape index (κ3) is 116. The third-order valence-corrected chi connectivity index (χ3v) is 0. The Hall–Kier alpha value is 0.158. The van der Waals surface area contributed by atoms with E-state index in [1.54, 1.807) is 0 Å². The van der Waals surface area contributed by atoms with Crippen molar-refractivity contribution in [1.29, 1.82) is 0 Å². The predicted molar refractivity (Wildman–Crippen MR) is 8.69 cm³/mol. The van der Waals surface area contributed by atoms with Gasteiger partial charge < -0.3 is 5.11 Å². The van der Waals surface area contributed by atoms with Crippen LogP contribution in [0.5, 0.6) is 0 Å². The number of carboxylic acid groups (broad SMARTS) is 1. The number of rotatable bonds is 0. The Balaban J connectivity index is 0. The van der Waals surface area contributed by atoms with Gasteiger partial charge in [-0.05, 0) is 0 Å². The molecular formula is CH2O2W. The van der Waals surface area contributed by atoms with Crippen LogP contribution < -0.4 is 0 Å². The normalized spacial score (nSPS) is 6.50. The van der Waals surface area contributed by atoms with Gasteiger partial charge in [0.15, 0.2) is 1.37 Å². The third-order valence-electron chi connectivity index (χ3n) is 0. The summed E-state index contributed by atoms with van der Waals surface area (Å²) in [5.41, 5.74) is 0. The first-order valence-electron chi connectivity index (χ1n) is 0.928. The fraction of sp³-hybridized carbons (Fsp3) is 0. The minimum atomic E-state index is -1.58. The first kappa shape index (κ1) is 4.16. The zero-order chi connectivity index (χ0) is 3.58. The number of hydrogen-bond donors (Lipinski definition) is 1. The molecule has 0 aromatic carbocycles. The monoisotopic (exact) mass is 231 g/mol.